The molecule has 0 fully saturated rings. The van der Waals surface area contributed by atoms with Gasteiger partial charge in [0.15, 0.2) is 0 Å². The van der Waals surface area contributed by atoms with Gasteiger partial charge in [0.05, 0.1) is 32.2 Å². The summed E-state index contributed by atoms with van der Waals surface area (Å²) in [6, 6.07) is 8.29. The zero-order chi connectivity index (χ0) is 19.1. The molecule has 2 N–H and O–H groups in total. The van der Waals surface area contributed by atoms with Gasteiger partial charge in [0.2, 0.25) is 0 Å². The van der Waals surface area contributed by atoms with Gasteiger partial charge in [-0.3, -0.25) is 14.5 Å². The lowest BCUT2D eigenvalue weighted by atomic mass is 10.2. The standard InChI is InChI=1S/C18H23N3O5/c1-21(2)14(15-6-5-9-26-15)11-19-17(22)18(23)20-13-8-7-12(24-3)10-16(13)25-4/h5-10,14H,11H2,1-4H3,(H,19,22)(H,20,23)/t14-/m1/s1. The third kappa shape index (κ3) is 4.76. The van der Waals surface area contributed by atoms with Gasteiger partial charge in [0, 0.05) is 12.6 Å². The minimum atomic E-state index is -0.787. The summed E-state index contributed by atoms with van der Waals surface area (Å²) in [5.74, 6) is 0.142. The van der Waals surface area contributed by atoms with E-state index in [2.05, 4.69) is 10.6 Å². The minimum absolute atomic E-state index is 0.183. The minimum Gasteiger partial charge on any atom is -0.497 e. The number of benzene rings is 1. The van der Waals surface area contributed by atoms with Crippen LogP contribution in [0.2, 0.25) is 0 Å². The van der Waals surface area contributed by atoms with E-state index in [0.717, 1.165) is 0 Å². The van der Waals surface area contributed by atoms with Gasteiger partial charge in [-0.25, -0.2) is 0 Å². The maximum atomic E-state index is 12.2. The van der Waals surface area contributed by atoms with E-state index in [-0.39, 0.29) is 12.6 Å². The second-order valence-electron chi connectivity index (χ2n) is 5.73. The number of amides is 2. The van der Waals surface area contributed by atoms with Crippen LogP contribution in [-0.2, 0) is 9.59 Å². The van der Waals surface area contributed by atoms with Gasteiger partial charge >= 0.3 is 11.8 Å². The third-order valence-corrected chi connectivity index (χ3v) is 3.81. The van der Waals surface area contributed by atoms with E-state index in [1.165, 1.54) is 14.2 Å². The van der Waals surface area contributed by atoms with Crippen LogP contribution in [0.1, 0.15) is 11.8 Å². The first-order valence-electron chi connectivity index (χ1n) is 7.97. The summed E-state index contributed by atoms with van der Waals surface area (Å²) in [6.07, 6.45) is 1.57. The number of furan rings is 1. The SMILES string of the molecule is COc1ccc(NC(=O)C(=O)NC[C@H](c2ccco2)N(C)C)c(OC)c1. The van der Waals surface area contributed by atoms with E-state index in [0.29, 0.717) is 22.9 Å². The Hall–Kier alpha value is -3.00. The number of nitrogens with zero attached hydrogens (tertiary/aromatic N) is 1. The zero-order valence-electron chi connectivity index (χ0n) is 15.2. The highest BCUT2D eigenvalue weighted by molar-refractivity contribution is 6.39. The predicted octanol–water partition coefficient (Wildman–Crippen LogP) is 1.65. The van der Waals surface area contributed by atoms with Gasteiger partial charge in [0.25, 0.3) is 0 Å². The molecule has 26 heavy (non-hydrogen) atoms. The molecule has 2 aromatic rings. The summed E-state index contributed by atoms with van der Waals surface area (Å²) in [7, 11) is 6.72. The predicted molar refractivity (Wildman–Crippen MR) is 96.3 cm³/mol. The lowest BCUT2D eigenvalue weighted by Gasteiger charge is -2.22. The van der Waals surface area contributed by atoms with Crippen molar-refractivity contribution in [1.82, 2.24) is 10.2 Å². The maximum Gasteiger partial charge on any atom is 0.313 e. The number of rotatable bonds is 7. The zero-order valence-corrected chi connectivity index (χ0v) is 15.2. The largest absolute Gasteiger partial charge is 0.497 e. The first-order chi connectivity index (χ1) is 12.5. The molecule has 2 rings (SSSR count). The van der Waals surface area contributed by atoms with Gasteiger partial charge in [-0.15, -0.1) is 0 Å². The average molecular weight is 361 g/mol. The number of ether oxygens (including phenoxy) is 2. The molecule has 0 aliphatic rings. The fraction of sp³-hybridized carbons (Fsp3) is 0.333. The Balaban J connectivity index is 1.98. The van der Waals surface area contributed by atoms with E-state index < -0.39 is 11.8 Å². The molecular weight excluding hydrogens is 338 g/mol. The number of anilines is 1. The Morgan fingerprint density at radius 2 is 1.92 bits per heavy atom. The summed E-state index contributed by atoms with van der Waals surface area (Å²) in [5.41, 5.74) is 0.378. The normalized spacial score (nSPS) is 11.7. The van der Waals surface area contributed by atoms with E-state index in [4.69, 9.17) is 13.9 Å². The number of carbonyl (C=O) groups excluding carboxylic acids is 2. The van der Waals surface area contributed by atoms with Crippen LogP contribution in [0.3, 0.4) is 0 Å². The summed E-state index contributed by atoms with van der Waals surface area (Å²) in [6.45, 7) is 0.229. The second-order valence-corrected chi connectivity index (χ2v) is 5.73. The van der Waals surface area contributed by atoms with Gasteiger partial charge in [0.1, 0.15) is 17.3 Å². The molecule has 0 spiro atoms. The Labute approximate surface area is 152 Å². The van der Waals surface area contributed by atoms with E-state index in [9.17, 15) is 9.59 Å². The highest BCUT2D eigenvalue weighted by Crippen LogP contribution is 2.28. The maximum absolute atomic E-state index is 12.2. The molecule has 0 saturated heterocycles. The van der Waals surface area contributed by atoms with Crippen molar-refractivity contribution in [2.75, 3.05) is 40.2 Å². The van der Waals surface area contributed by atoms with Crippen molar-refractivity contribution < 1.29 is 23.5 Å². The monoisotopic (exact) mass is 361 g/mol. The second kappa shape index (κ2) is 8.91. The number of methoxy groups -OCH3 is 2. The third-order valence-electron chi connectivity index (χ3n) is 3.81. The number of hydrogen-bond acceptors (Lipinski definition) is 6. The first-order valence-corrected chi connectivity index (χ1v) is 7.97. The molecule has 8 heteroatoms. The van der Waals surface area contributed by atoms with Gasteiger partial charge in [-0.1, -0.05) is 0 Å². The van der Waals surface area contributed by atoms with Crippen molar-refractivity contribution in [2.45, 2.75) is 6.04 Å². The molecule has 0 unspecified atom stereocenters. The molecule has 0 bridgehead atoms. The number of carbonyl (C=O) groups is 2. The van der Waals surface area contributed by atoms with Crippen LogP contribution >= 0.6 is 0 Å². The Bertz CT molecular complexity index is 743. The molecular formula is C18H23N3O5. The topological polar surface area (TPSA) is 93.0 Å². The van der Waals surface area contributed by atoms with Crippen molar-refractivity contribution in [3.05, 3.63) is 42.4 Å². The van der Waals surface area contributed by atoms with Crippen LogP contribution < -0.4 is 20.1 Å². The molecule has 1 aromatic carbocycles. The van der Waals surface area contributed by atoms with Crippen LogP contribution in [0.25, 0.3) is 0 Å². The smallest absolute Gasteiger partial charge is 0.313 e. The molecule has 2 amide bonds. The fourth-order valence-electron chi connectivity index (χ4n) is 2.37. The van der Waals surface area contributed by atoms with Gasteiger partial charge in [-0.2, -0.15) is 0 Å². The Morgan fingerprint density at radius 1 is 1.15 bits per heavy atom. The average Bonchev–Trinajstić information content (AvgIpc) is 3.15. The fourth-order valence-corrected chi connectivity index (χ4v) is 2.37. The van der Waals surface area contributed by atoms with Crippen molar-refractivity contribution in [3.63, 3.8) is 0 Å². The molecule has 0 aliphatic carbocycles. The van der Waals surface area contributed by atoms with Crippen LogP contribution in [-0.4, -0.2) is 51.6 Å². The Morgan fingerprint density at radius 3 is 2.50 bits per heavy atom. The number of nitrogens with one attached hydrogen (secondary N) is 2. The van der Waals surface area contributed by atoms with Gasteiger partial charge in [-0.05, 0) is 38.4 Å². The highest BCUT2D eigenvalue weighted by atomic mass is 16.5. The van der Waals surface area contributed by atoms with Gasteiger partial charge < -0.3 is 24.5 Å². The lowest BCUT2D eigenvalue weighted by molar-refractivity contribution is -0.136. The van der Waals surface area contributed by atoms with Crippen LogP contribution in [0.4, 0.5) is 5.69 Å². The van der Waals surface area contributed by atoms with Crippen LogP contribution in [0.15, 0.2) is 41.0 Å². The van der Waals surface area contributed by atoms with Crippen molar-refractivity contribution in [1.29, 1.82) is 0 Å². The molecule has 1 aromatic heterocycles. The highest BCUT2D eigenvalue weighted by Gasteiger charge is 2.21. The molecule has 140 valence electrons. The molecule has 1 heterocycles. The van der Waals surface area contributed by atoms with E-state index >= 15 is 0 Å². The van der Waals surface area contributed by atoms with E-state index in [1.54, 1.807) is 30.5 Å². The molecule has 0 saturated carbocycles. The molecule has 0 aliphatic heterocycles. The Kier molecular flexibility index (Phi) is 6.62. The van der Waals surface area contributed by atoms with Crippen molar-refractivity contribution in [2.24, 2.45) is 0 Å². The number of likely N-dealkylation sites (N-methyl/N-ethyl adjacent to an activating group) is 1. The molecule has 8 nitrogen and oxygen atoms in total. The van der Waals surface area contributed by atoms with Crippen LogP contribution in [0.5, 0.6) is 11.5 Å². The lowest BCUT2D eigenvalue weighted by Crippen LogP contribution is -2.40. The summed E-state index contributed by atoms with van der Waals surface area (Å²) in [5, 5.41) is 5.15. The van der Waals surface area contributed by atoms with Crippen LogP contribution in [0, 0.1) is 0 Å². The first kappa shape index (κ1) is 19.3. The quantitative estimate of drug-likeness (QED) is 0.729. The van der Waals surface area contributed by atoms with Crippen molar-refractivity contribution >= 4 is 17.5 Å². The van der Waals surface area contributed by atoms with E-state index in [1.807, 2.05) is 25.1 Å². The summed E-state index contributed by atoms with van der Waals surface area (Å²) in [4.78, 5) is 26.2. The summed E-state index contributed by atoms with van der Waals surface area (Å²) < 4.78 is 15.7. The van der Waals surface area contributed by atoms with Crippen molar-refractivity contribution in [3.8, 4) is 11.5 Å². The molecule has 1 atom stereocenters. The molecule has 0 radical (unpaired) electrons. The number of hydrogen-bond donors (Lipinski definition) is 2. The summed E-state index contributed by atoms with van der Waals surface area (Å²) >= 11 is 0.